The number of likely N-dealkylation sites (tertiary alicyclic amines) is 1. The van der Waals surface area contributed by atoms with Crippen LogP contribution in [-0.2, 0) is 37.2 Å². The lowest BCUT2D eigenvalue weighted by Gasteiger charge is -2.34. The Hall–Kier alpha value is -3.57. The number of hydrogen-bond acceptors (Lipinski definition) is 7. The number of H-pyrrole nitrogens is 1. The number of piperidine rings is 1. The molecule has 4 N–H and O–H groups in total. The van der Waals surface area contributed by atoms with Crippen LogP contribution in [0.3, 0.4) is 0 Å². The molecule has 11 heteroatoms. The zero-order valence-corrected chi connectivity index (χ0v) is 24.3. The van der Waals surface area contributed by atoms with Crippen molar-refractivity contribution in [1.82, 2.24) is 14.6 Å². The second kappa shape index (κ2) is 12.1. The van der Waals surface area contributed by atoms with Crippen molar-refractivity contribution in [3.8, 4) is 5.75 Å². The van der Waals surface area contributed by atoms with Crippen LogP contribution in [0, 0.1) is 11.8 Å². The molecular weight excluding hydrogens is 544 g/mol. The van der Waals surface area contributed by atoms with Crippen molar-refractivity contribution in [2.45, 2.75) is 56.9 Å². The summed E-state index contributed by atoms with van der Waals surface area (Å²) in [5.41, 5.74) is 3.05. The molecule has 220 valence electrons. The molecule has 1 unspecified atom stereocenters. The number of ether oxygens (including phenoxy) is 1. The zero-order chi connectivity index (χ0) is 29.1. The van der Waals surface area contributed by atoms with Gasteiger partial charge in [0.2, 0.25) is 15.9 Å². The lowest BCUT2D eigenvalue weighted by molar-refractivity contribution is -0.141. The van der Waals surface area contributed by atoms with Gasteiger partial charge in [-0.25, -0.2) is 8.42 Å². The molecule has 2 aliphatic heterocycles. The Balaban J connectivity index is 1.39. The highest BCUT2D eigenvalue weighted by molar-refractivity contribution is 7.89. The van der Waals surface area contributed by atoms with Gasteiger partial charge in [0.05, 0.1) is 12.3 Å². The first-order chi connectivity index (χ1) is 19.6. The minimum atomic E-state index is -4.07. The fraction of sp³-hybridized carbons (Fsp3) is 0.467. The average molecular weight is 583 g/mol. The molecule has 1 saturated heterocycles. The lowest BCUT2D eigenvalue weighted by Crippen LogP contribution is -2.51. The van der Waals surface area contributed by atoms with E-state index in [1.165, 1.54) is 6.92 Å². The van der Waals surface area contributed by atoms with Crippen LogP contribution >= 0.6 is 0 Å². The molecule has 1 aromatic heterocycles. The first-order valence-electron chi connectivity index (χ1n) is 14.2. The molecule has 10 nitrogen and oxygen atoms in total. The molecule has 2 aromatic carbocycles. The molecule has 0 radical (unpaired) electrons. The van der Waals surface area contributed by atoms with Gasteiger partial charge in [-0.3, -0.25) is 9.59 Å². The molecule has 0 saturated carbocycles. The van der Waals surface area contributed by atoms with Gasteiger partial charge in [0, 0.05) is 43.7 Å². The van der Waals surface area contributed by atoms with E-state index in [0.29, 0.717) is 43.8 Å². The number of phenolic OH excluding ortho intramolecular Hbond substituents is 1. The maximum absolute atomic E-state index is 13.9. The van der Waals surface area contributed by atoms with Crippen LogP contribution in [0.2, 0.25) is 0 Å². The van der Waals surface area contributed by atoms with Gasteiger partial charge in [-0.05, 0) is 79.3 Å². The van der Waals surface area contributed by atoms with Gasteiger partial charge < -0.3 is 25.0 Å². The van der Waals surface area contributed by atoms with Crippen LogP contribution in [0.5, 0.6) is 5.75 Å². The summed E-state index contributed by atoms with van der Waals surface area (Å²) in [7, 11) is -4.07. The normalized spacial score (nSPS) is 18.5. The van der Waals surface area contributed by atoms with Gasteiger partial charge in [-0.1, -0.05) is 19.1 Å². The van der Waals surface area contributed by atoms with E-state index < -0.39 is 16.1 Å². The van der Waals surface area contributed by atoms with Gasteiger partial charge in [-0.2, -0.15) is 4.72 Å². The number of amides is 1. The Kier molecular flexibility index (Phi) is 8.55. The molecule has 2 atom stereocenters. The number of carbonyl (C=O) groups excluding carboxylic acids is 2. The third-order valence-electron chi connectivity index (χ3n) is 8.13. The smallest absolute Gasteiger partial charge is 0.302 e. The Morgan fingerprint density at radius 2 is 1.98 bits per heavy atom. The van der Waals surface area contributed by atoms with E-state index in [-0.39, 0.29) is 28.9 Å². The fourth-order valence-corrected chi connectivity index (χ4v) is 7.33. The largest absolute Gasteiger partial charge is 0.508 e. The summed E-state index contributed by atoms with van der Waals surface area (Å²) in [4.78, 5) is 30.0. The Morgan fingerprint density at radius 1 is 1.20 bits per heavy atom. The predicted octanol–water partition coefficient (Wildman–Crippen LogP) is 3.56. The lowest BCUT2D eigenvalue weighted by atomic mass is 9.93. The summed E-state index contributed by atoms with van der Waals surface area (Å²) in [6, 6.07) is 9.15. The molecule has 0 aliphatic carbocycles. The second-order valence-corrected chi connectivity index (χ2v) is 13.0. The first kappa shape index (κ1) is 28.9. The van der Waals surface area contributed by atoms with Crippen molar-refractivity contribution in [1.29, 1.82) is 0 Å². The van der Waals surface area contributed by atoms with Crippen molar-refractivity contribution in [3.05, 3.63) is 53.7 Å². The highest BCUT2D eigenvalue weighted by Crippen LogP contribution is 2.32. The van der Waals surface area contributed by atoms with Gasteiger partial charge in [0.25, 0.3) is 0 Å². The predicted molar refractivity (Wildman–Crippen MR) is 156 cm³/mol. The summed E-state index contributed by atoms with van der Waals surface area (Å²) < 4.78 is 35.5. The minimum Gasteiger partial charge on any atom is -0.508 e. The van der Waals surface area contributed by atoms with Crippen LogP contribution in [0.1, 0.15) is 44.2 Å². The maximum atomic E-state index is 13.9. The Morgan fingerprint density at radius 3 is 2.73 bits per heavy atom. The third kappa shape index (κ3) is 6.68. The van der Waals surface area contributed by atoms with Crippen molar-refractivity contribution in [2.24, 2.45) is 11.8 Å². The number of phenols is 1. The van der Waals surface area contributed by atoms with E-state index in [1.54, 1.807) is 41.4 Å². The number of para-hydroxylation sites is 1. The second-order valence-electron chi connectivity index (χ2n) is 11.3. The number of esters is 1. The number of nitrogens with zero attached hydrogens (tertiary/aromatic N) is 1. The number of aromatic amines is 1. The molecule has 3 heterocycles. The first-order valence-corrected chi connectivity index (χ1v) is 15.7. The van der Waals surface area contributed by atoms with Crippen molar-refractivity contribution >= 4 is 38.5 Å². The van der Waals surface area contributed by atoms with Crippen LogP contribution < -0.4 is 10.0 Å². The minimum absolute atomic E-state index is 0.0915. The van der Waals surface area contributed by atoms with E-state index in [2.05, 4.69) is 21.9 Å². The summed E-state index contributed by atoms with van der Waals surface area (Å²) in [6.07, 6.45) is 4.89. The van der Waals surface area contributed by atoms with Gasteiger partial charge in [0.15, 0.2) is 0 Å². The number of aromatic nitrogens is 1. The van der Waals surface area contributed by atoms with Gasteiger partial charge in [-0.15, -0.1) is 0 Å². The number of rotatable bonds is 9. The number of aromatic hydroxyl groups is 1. The third-order valence-corrected chi connectivity index (χ3v) is 9.64. The van der Waals surface area contributed by atoms with Crippen LogP contribution in [0.25, 0.3) is 10.9 Å². The average Bonchev–Trinajstić information content (AvgIpc) is 3.33. The molecule has 3 aromatic rings. The molecule has 1 amide bonds. The number of anilines is 1. The van der Waals surface area contributed by atoms with Crippen molar-refractivity contribution in [3.63, 3.8) is 0 Å². The number of benzene rings is 2. The van der Waals surface area contributed by atoms with Gasteiger partial charge >= 0.3 is 5.97 Å². The van der Waals surface area contributed by atoms with Crippen LogP contribution in [0.4, 0.5) is 5.69 Å². The van der Waals surface area contributed by atoms with Crippen LogP contribution in [0.15, 0.2) is 47.5 Å². The SMILES string of the molecule is CC(=O)OCCC1CCN(C(=O)[C@H](Cc2c[nH]c3ccc(O)cc23)NS(=O)(=O)c2cccc3c2NCC(C)C3)CC1. The van der Waals surface area contributed by atoms with E-state index >= 15 is 0 Å². The van der Waals surface area contributed by atoms with E-state index in [1.807, 2.05) is 6.07 Å². The molecule has 0 bridgehead atoms. The number of carbonyl (C=O) groups is 2. The highest BCUT2D eigenvalue weighted by Gasteiger charge is 2.34. The maximum Gasteiger partial charge on any atom is 0.302 e. The summed E-state index contributed by atoms with van der Waals surface area (Å²) in [5, 5.41) is 14.1. The van der Waals surface area contributed by atoms with Gasteiger partial charge in [0.1, 0.15) is 16.7 Å². The number of fused-ring (bicyclic) bond motifs is 2. The van der Waals surface area contributed by atoms with E-state index in [9.17, 15) is 23.1 Å². The van der Waals surface area contributed by atoms with E-state index in [0.717, 1.165) is 47.7 Å². The monoisotopic (exact) mass is 582 g/mol. The quantitative estimate of drug-likeness (QED) is 0.283. The van der Waals surface area contributed by atoms with Crippen molar-refractivity contribution < 1.29 is 27.9 Å². The Bertz CT molecular complexity index is 1530. The summed E-state index contributed by atoms with van der Waals surface area (Å²) >= 11 is 0. The zero-order valence-electron chi connectivity index (χ0n) is 23.5. The fourth-order valence-electron chi connectivity index (χ4n) is 5.91. The Labute approximate surface area is 240 Å². The topological polar surface area (TPSA) is 141 Å². The molecule has 1 fully saturated rings. The molecule has 0 spiro atoms. The van der Waals surface area contributed by atoms with E-state index in [4.69, 9.17) is 4.74 Å². The molecule has 5 rings (SSSR count). The highest BCUT2D eigenvalue weighted by atomic mass is 32.2. The molecule has 2 aliphatic rings. The number of sulfonamides is 1. The molecular formula is C30H38N4O6S. The standard InChI is InChI=1S/C30H38N4O6S/c1-19-14-22-4-3-5-28(29(22)32-17-19)41(38,39)33-27(15-23-18-31-26-7-6-24(36)16-25(23)26)30(37)34-11-8-21(9-12-34)10-13-40-20(2)35/h3-7,16,18-19,21,27,31-33,36H,8-15,17H2,1-2H3/t19?,27-/m0/s1. The molecule has 41 heavy (non-hydrogen) atoms. The van der Waals surface area contributed by atoms with Crippen molar-refractivity contribution in [2.75, 3.05) is 31.6 Å². The summed E-state index contributed by atoms with van der Waals surface area (Å²) in [6.45, 7) is 5.53. The van der Waals surface area contributed by atoms with Crippen LogP contribution in [-0.4, -0.2) is 67.6 Å². The number of nitrogens with one attached hydrogen (secondary N) is 3. The number of hydrogen-bond donors (Lipinski definition) is 4. The summed E-state index contributed by atoms with van der Waals surface area (Å²) in [5.74, 6) is 0.219.